The van der Waals surface area contributed by atoms with Gasteiger partial charge in [-0.15, -0.1) is 0 Å². The Balaban J connectivity index is 2.07. The third-order valence-electron chi connectivity index (χ3n) is 3.50. The second-order valence-corrected chi connectivity index (χ2v) is 5.67. The lowest BCUT2D eigenvalue weighted by atomic mass is 9.96. The van der Waals surface area contributed by atoms with Crippen LogP contribution >= 0.6 is 0 Å². The van der Waals surface area contributed by atoms with Crippen molar-refractivity contribution in [2.45, 2.75) is 32.9 Å². The summed E-state index contributed by atoms with van der Waals surface area (Å²) in [5.41, 5.74) is 9.37. The number of hydrogen-bond acceptors (Lipinski definition) is 2. The van der Waals surface area contributed by atoms with E-state index in [4.69, 9.17) is 5.73 Å². The molecule has 2 rings (SSSR count). The van der Waals surface area contributed by atoms with E-state index in [1.807, 2.05) is 18.2 Å². The normalized spacial score (nSPS) is 12.6. The lowest BCUT2D eigenvalue weighted by Crippen LogP contribution is -2.23. The van der Waals surface area contributed by atoms with Crippen molar-refractivity contribution >= 4 is 5.69 Å². The van der Waals surface area contributed by atoms with E-state index >= 15 is 0 Å². The standard InChI is InChI=1S/C18H24N2/c1-14(2)12-18(15-8-4-3-5-9-15)20-13-16-10-6-7-11-17(16)19/h3-11,14,18,20H,12-13,19H2,1-2H3. The number of para-hydroxylation sites is 1. The van der Waals surface area contributed by atoms with E-state index in [9.17, 15) is 0 Å². The van der Waals surface area contributed by atoms with Crippen molar-refractivity contribution < 1.29 is 0 Å². The highest BCUT2D eigenvalue weighted by molar-refractivity contribution is 5.46. The van der Waals surface area contributed by atoms with Gasteiger partial charge in [0.25, 0.3) is 0 Å². The van der Waals surface area contributed by atoms with Gasteiger partial charge in [0.2, 0.25) is 0 Å². The van der Waals surface area contributed by atoms with E-state index in [0.29, 0.717) is 12.0 Å². The monoisotopic (exact) mass is 268 g/mol. The van der Waals surface area contributed by atoms with E-state index < -0.39 is 0 Å². The maximum absolute atomic E-state index is 6.01. The molecule has 0 heterocycles. The summed E-state index contributed by atoms with van der Waals surface area (Å²) < 4.78 is 0. The number of rotatable bonds is 6. The third kappa shape index (κ3) is 4.10. The maximum Gasteiger partial charge on any atom is 0.0359 e. The molecule has 0 saturated heterocycles. The first-order chi connectivity index (χ1) is 9.66. The van der Waals surface area contributed by atoms with Gasteiger partial charge in [0, 0.05) is 18.3 Å². The lowest BCUT2D eigenvalue weighted by molar-refractivity contribution is 0.429. The molecule has 0 aromatic heterocycles. The van der Waals surface area contributed by atoms with E-state index in [1.165, 1.54) is 5.56 Å². The Kier molecular flexibility index (Phi) is 5.19. The van der Waals surface area contributed by atoms with E-state index in [2.05, 4.69) is 55.6 Å². The van der Waals surface area contributed by atoms with Crippen molar-refractivity contribution in [3.05, 3.63) is 65.7 Å². The molecule has 0 aliphatic heterocycles. The van der Waals surface area contributed by atoms with Gasteiger partial charge in [-0.05, 0) is 29.5 Å². The molecule has 0 spiro atoms. The SMILES string of the molecule is CC(C)CC(NCc1ccccc1N)c1ccccc1. The van der Waals surface area contributed by atoms with Crippen LogP contribution < -0.4 is 11.1 Å². The third-order valence-corrected chi connectivity index (χ3v) is 3.50. The van der Waals surface area contributed by atoms with Gasteiger partial charge in [0.05, 0.1) is 0 Å². The van der Waals surface area contributed by atoms with E-state index in [0.717, 1.165) is 24.2 Å². The van der Waals surface area contributed by atoms with Gasteiger partial charge in [-0.1, -0.05) is 62.4 Å². The van der Waals surface area contributed by atoms with Gasteiger partial charge in [-0.25, -0.2) is 0 Å². The highest BCUT2D eigenvalue weighted by Gasteiger charge is 2.13. The Morgan fingerprint density at radius 2 is 1.60 bits per heavy atom. The topological polar surface area (TPSA) is 38.0 Å². The van der Waals surface area contributed by atoms with Crippen molar-refractivity contribution in [2.24, 2.45) is 5.92 Å². The quantitative estimate of drug-likeness (QED) is 0.772. The van der Waals surface area contributed by atoms with Crippen molar-refractivity contribution in [3.63, 3.8) is 0 Å². The first-order valence-corrected chi connectivity index (χ1v) is 7.28. The molecule has 2 heteroatoms. The minimum Gasteiger partial charge on any atom is -0.398 e. The molecule has 0 aliphatic carbocycles. The molecule has 0 fully saturated rings. The van der Waals surface area contributed by atoms with Crippen LogP contribution in [-0.2, 0) is 6.54 Å². The largest absolute Gasteiger partial charge is 0.398 e. The average molecular weight is 268 g/mol. The molecule has 0 saturated carbocycles. The van der Waals surface area contributed by atoms with Gasteiger partial charge in [-0.3, -0.25) is 0 Å². The predicted octanol–water partition coefficient (Wildman–Crippen LogP) is 4.15. The average Bonchev–Trinajstić information content (AvgIpc) is 2.45. The minimum absolute atomic E-state index is 0.371. The molecule has 1 unspecified atom stereocenters. The molecular formula is C18H24N2. The maximum atomic E-state index is 6.01. The first kappa shape index (κ1) is 14.6. The van der Waals surface area contributed by atoms with Crippen LogP contribution in [0.25, 0.3) is 0 Å². The Morgan fingerprint density at radius 3 is 2.25 bits per heavy atom. The summed E-state index contributed by atoms with van der Waals surface area (Å²) in [6.45, 7) is 5.32. The van der Waals surface area contributed by atoms with Crippen LogP contribution in [-0.4, -0.2) is 0 Å². The number of hydrogen-bond donors (Lipinski definition) is 2. The van der Waals surface area contributed by atoms with Gasteiger partial charge in [-0.2, -0.15) is 0 Å². The van der Waals surface area contributed by atoms with Crippen LogP contribution in [0.1, 0.15) is 37.4 Å². The molecule has 0 amide bonds. The van der Waals surface area contributed by atoms with Crippen molar-refractivity contribution in [1.82, 2.24) is 5.32 Å². The molecule has 1 atom stereocenters. The fourth-order valence-electron chi connectivity index (χ4n) is 2.42. The summed E-state index contributed by atoms with van der Waals surface area (Å²) in [5, 5.41) is 3.64. The molecular weight excluding hydrogens is 244 g/mol. The summed E-state index contributed by atoms with van der Waals surface area (Å²) in [4.78, 5) is 0. The van der Waals surface area contributed by atoms with Crippen molar-refractivity contribution in [2.75, 3.05) is 5.73 Å². The van der Waals surface area contributed by atoms with Crippen molar-refractivity contribution in [3.8, 4) is 0 Å². The van der Waals surface area contributed by atoms with Crippen LogP contribution in [0.5, 0.6) is 0 Å². The van der Waals surface area contributed by atoms with E-state index in [-0.39, 0.29) is 0 Å². The first-order valence-electron chi connectivity index (χ1n) is 7.28. The molecule has 20 heavy (non-hydrogen) atoms. The number of benzene rings is 2. The number of nitrogens with two attached hydrogens (primary N) is 1. The Labute approximate surface area is 122 Å². The van der Waals surface area contributed by atoms with Gasteiger partial charge in [0.15, 0.2) is 0 Å². The molecule has 3 N–H and O–H groups in total. The van der Waals surface area contributed by atoms with Crippen LogP contribution in [0, 0.1) is 5.92 Å². The molecule has 0 bridgehead atoms. The summed E-state index contributed by atoms with van der Waals surface area (Å²) in [5.74, 6) is 0.654. The second-order valence-electron chi connectivity index (χ2n) is 5.67. The van der Waals surface area contributed by atoms with Gasteiger partial charge in [0.1, 0.15) is 0 Å². The Morgan fingerprint density at radius 1 is 0.950 bits per heavy atom. The summed E-state index contributed by atoms with van der Waals surface area (Å²) in [6.07, 6.45) is 1.12. The second kappa shape index (κ2) is 7.11. The van der Waals surface area contributed by atoms with Crippen molar-refractivity contribution in [1.29, 1.82) is 0 Å². The summed E-state index contributed by atoms with van der Waals surface area (Å²) >= 11 is 0. The number of nitrogens with one attached hydrogen (secondary N) is 1. The summed E-state index contributed by atoms with van der Waals surface area (Å²) in [6, 6.07) is 19.1. The molecule has 2 aromatic rings. The smallest absolute Gasteiger partial charge is 0.0359 e. The van der Waals surface area contributed by atoms with Gasteiger partial charge < -0.3 is 11.1 Å². The van der Waals surface area contributed by atoms with Crippen LogP contribution in [0.4, 0.5) is 5.69 Å². The number of anilines is 1. The molecule has 2 aromatic carbocycles. The van der Waals surface area contributed by atoms with Crippen LogP contribution in [0.15, 0.2) is 54.6 Å². The molecule has 2 nitrogen and oxygen atoms in total. The lowest BCUT2D eigenvalue weighted by Gasteiger charge is -2.21. The highest BCUT2D eigenvalue weighted by Crippen LogP contribution is 2.22. The van der Waals surface area contributed by atoms with Crippen LogP contribution in [0.2, 0.25) is 0 Å². The summed E-state index contributed by atoms with van der Waals surface area (Å²) in [7, 11) is 0. The van der Waals surface area contributed by atoms with E-state index in [1.54, 1.807) is 0 Å². The zero-order valence-corrected chi connectivity index (χ0v) is 12.3. The molecule has 0 radical (unpaired) electrons. The fourth-order valence-corrected chi connectivity index (χ4v) is 2.42. The molecule has 106 valence electrons. The van der Waals surface area contributed by atoms with Crippen LogP contribution in [0.3, 0.4) is 0 Å². The zero-order valence-electron chi connectivity index (χ0n) is 12.3. The van der Waals surface area contributed by atoms with Gasteiger partial charge >= 0.3 is 0 Å². The predicted molar refractivity (Wildman–Crippen MR) is 86.3 cm³/mol. The zero-order chi connectivity index (χ0) is 14.4. The Hall–Kier alpha value is -1.80. The minimum atomic E-state index is 0.371. The number of nitrogen functional groups attached to an aromatic ring is 1. The highest BCUT2D eigenvalue weighted by atomic mass is 14.9. The fraction of sp³-hybridized carbons (Fsp3) is 0.333. The molecule has 0 aliphatic rings. The Bertz CT molecular complexity index is 520.